The molecule has 7 nitrogen and oxygen atoms in total. The average Bonchev–Trinajstić information content (AvgIpc) is 2.51. The molecule has 1 spiro atoms. The average molecular weight is 462 g/mol. The van der Waals surface area contributed by atoms with Gasteiger partial charge in [-0.1, -0.05) is 6.08 Å². The first-order valence-electron chi connectivity index (χ1n) is 8.38. The molecule has 1 saturated carbocycles. The molecule has 1 aromatic heterocycles. The fourth-order valence-corrected chi connectivity index (χ4v) is 7.32. The molecule has 0 aromatic carbocycles. The van der Waals surface area contributed by atoms with Crippen LogP contribution in [-0.2, 0) is 5.54 Å². The first-order chi connectivity index (χ1) is 12.6. The Balaban J connectivity index is 2.29. The van der Waals surface area contributed by atoms with Crippen LogP contribution < -0.4 is 5.32 Å². The van der Waals surface area contributed by atoms with Crippen molar-refractivity contribution in [1.29, 1.82) is 0 Å². The van der Waals surface area contributed by atoms with Crippen LogP contribution in [0.5, 0.6) is 0 Å². The number of hydrogen-bond donors (Lipinski definition) is 4. The van der Waals surface area contributed by atoms with Gasteiger partial charge in [-0.3, -0.25) is 19.4 Å². The summed E-state index contributed by atoms with van der Waals surface area (Å²) in [5.74, 6) is -0.823. The number of allylic oxidation sites excluding steroid dienone is 1. The van der Waals surface area contributed by atoms with Crippen molar-refractivity contribution in [3.05, 3.63) is 40.9 Å². The second kappa shape index (κ2) is 6.84. The van der Waals surface area contributed by atoms with E-state index in [1.54, 1.807) is 6.92 Å². The molecule has 1 aliphatic heterocycles. The van der Waals surface area contributed by atoms with Crippen LogP contribution in [0.25, 0.3) is 0 Å². The summed E-state index contributed by atoms with van der Waals surface area (Å²) >= 11 is 3.25. The molecular formula is C17H21BrFN3O4S. The Bertz CT molecular complexity index is 830. The van der Waals surface area contributed by atoms with Gasteiger partial charge in [0.15, 0.2) is 0 Å². The topological polar surface area (TPSA) is 115 Å². The van der Waals surface area contributed by atoms with E-state index in [1.807, 2.05) is 0 Å². The van der Waals surface area contributed by atoms with Gasteiger partial charge in [0, 0.05) is 16.2 Å². The number of hydrogen-bond acceptors (Lipinski definition) is 5. The summed E-state index contributed by atoms with van der Waals surface area (Å²) in [7, 11) is -3.41. The van der Waals surface area contributed by atoms with E-state index >= 15 is 0 Å². The van der Waals surface area contributed by atoms with Crippen molar-refractivity contribution in [3.63, 3.8) is 0 Å². The van der Waals surface area contributed by atoms with E-state index in [9.17, 15) is 23.4 Å². The number of carbonyl (C=O) groups is 1. The van der Waals surface area contributed by atoms with E-state index in [4.69, 9.17) is 0 Å². The molecule has 2 heterocycles. The molecule has 148 valence electrons. The van der Waals surface area contributed by atoms with Crippen LogP contribution in [0.15, 0.2) is 34.4 Å². The zero-order valence-electron chi connectivity index (χ0n) is 14.7. The van der Waals surface area contributed by atoms with Crippen molar-refractivity contribution >= 4 is 38.4 Å². The molecule has 10 heteroatoms. The highest BCUT2D eigenvalue weighted by atomic mass is 79.9. The summed E-state index contributed by atoms with van der Waals surface area (Å²) in [5.41, 5.74) is -1.38. The highest BCUT2D eigenvalue weighted by Crippen LogP contribution is 2.71. The quantitative estimate of drug-likeness (QED) is 0.390. The molecule has 0 saturated heterocycles. The molecule has 27 heavy (non-hydrogen) atoms. The molecule has 1 aliphatic carbocycles. The maximum Gasteiger partial charge on any atom is 0.410 e. The van der Waals surface area contributed by atoms with Crippen LogP contribution in [0.4, 0.5) is 9.18 Å². The molecule has 4 N–H and O–H groups in total. The molecule has 1 fully saturated rings. The maximum absolute atomic E-state index is 14.6. The summed E-state index contributed by atoms with van der Waals surface area (Å²) in [6.45, 7) is 5.26. The monoisotopic (exact) mass is 461 g/mol. The fourth-order valence-electron chi connectivity index (χ4n) is 3.95. The summed E-state index contributed by atoms with van der Waals surface area (Å²) in [6, 6.07) is 1.48. The first kappa shape index (κ1) is 20.2. The lowest BCUT2D eigenvalue weighted by Gasteiger charge is -2.64. The molecule has 0 bridgehead atoms. The molecule has 3 rings (SSSR count). The van der Waals surface area contributed by atoms with Gasteiger partial charge >= 0.3 is 6.09 Å². The lowest BCUT2D eigenvalue weighted by molar-refractivity contribution is 0.198. The fraction of sp³-hybridized carbons (Fsp3) is 0.471. The minimum absolute atomic E-state index is 0.0246. The normalized spacial score (nSPS) is 29.4. The van der Waals surface area contributed by atoms with Gasteiger partial charge in [-0.2, -0.15) is 15.0 Å². The van der Waals surface area contributed by atoms with Crippen LogP contribution in [0.2, 0.25) is 0 Å². The summed E-state index contributed by atoms with van der Waals surface area (Å²) in [4.78, 5) is 19.6. The number of amides is 1. The van der Waals surface area contributed by atoms with E-state index in [1.165, 1.54) is 18.3 Å². The Hall–Kier alpha value is -1.49. The third kappa shape index (κ3) is 2.98. The standard InChI is InChI=1S/C17H21BrFN3O4S/c1-3-5-12-16(2,11-8-10(18)9-20-13(11)19)22-14(21-15(23)24)17(6-4-7-17)27(12,25)26/h3,8-9,12,25-26H,1,4-7H2,2H3,(H,21,22)(H,23,24)/t12-,16-/m1/s1. The van der Waals surface area contributed by atoms with Crippen molar-refractivity contribution < 1.29 is 23.4 Å². The minimum Gasteiger partial charge on any atom is -0.465 e. The van der Waals surface area contributed by atoms with E-state index < -0.39 is 38.2 Å². The van der Waals surface area contributed by atoms with Crippen molar-refractivity contribution in [1.82, 2.24) is 10.3 Å². The number of nitrogens with zero attached hydrogens (tertiary/aromatic N) is 2. The highest BCUT2D eigenvalue weighted by molar-refractivity contribution is 9.10. The van der Waals surface area contributed by atoms with Crippen molar-refractivity contribution in [3.8, 4) is 0 Å². The number of halogens is 2. The Morgan fingerprint density at radius 1 is 1.56 bits per heavy atom. The lowest BCUT2D eigenvalue weighted by atomic mass is 9.80. The SMILES string of the molecule is C=CC[C@@H]1[C@@](C)(c2cc(Br)cnc2F)N=C(NC(=O)O)C2(CCC2)S1(O)O. The van der Waals surface area contributed by atoms with E-state index in [2.05, 4.69) is 37.8 Å². The summed E-state index contributed by atoms with van der Waals surface area (Å²) in [5, 5.41) is 10.6. The van der Waals surface area contributed by atoms with Crippen LogP contribution >= 0.6 is 26.5 Å². The van der Waals surface area contributed by atoms with Gasteiger partial charge in [0.05, 0.1) is 5.25 Å². The highest BCUT2D eigenvalue weighted by Gasteiger charge is 2.63. The number of amidine groups is 1. The predicted octanol–water partition coefficient (Wildman–Crippen LogP) is 4.50. The van der Waals surface area contributed by atoms with Gasteiger partial charge in [0.1, 0.15) is 16.1 Å². The van der Waals surface area contributed by atoms with Gasteiger partial charge in [0.25, 0.3) is 0 Å². The third-order valence-electron chi connectivity index (χ3n) is 5.49. The van der Waals surface area contributed by atoms with E-state index in [-0.39, 0.29) is 17.8 Å². The van der Waals surface area contributed by atoms with Crippen molar-refractivity contribution in [2.45, 2.75) is 48.1 Å². The van der Waals surface area contributed by atoms with Gasteiger partial charge in [-0.25, -0.2) is 9.78 Å². The van der Waals surface area contributed by atoms with Crippen LogP contribution in [0.3, 0.4) is 0 Å². The molecule has 1 aromatic rings. The minimum atomic E-state index is -3.41. The molecule has 0 unspecified atom stereocenters. The van der Waals surface area contributed by atoms with Gasteiger partial charge in [-0.15, -0.1) is 6.58 Å². The van der Waals surface area contributed by atoms with Gasteiger partial charge in [0.2, 0.25) is 5.95 Å². The number of aromatic nitrogens is 1. The first-order valence-corrected chi connectivity index (χ1v) is 10.8. The predicted molar refractivity (Wildman–Crippen MR) is 106 cm³/mol. The molecular weight excluding hydrogens is 441 g/mol. The second-order valence-corrected chi connectivity index (χ2v) is 10.4. The van der Waals surface area contributed by atoms with Crippen LogP contribution in [0, 0.1) is 5.95 Å². The molecule has 1 amide bonds. The van der Waals surface area contributed by atoms with Crippen molar-refractivity contribution in [2.75, 3.05) is 0 Å². The summed E-state index contributed by atoms with van der Waals surface area (Å²) in [6.07, 6.45) is 3.18. The number of carboxylic acid groups (broad SMARTS) is 1. The third-order valence-corrected chi connectivity index (χ3v) is 9.12. The number of nitrogens with one attached hydrogen (secondary N) is 1. The van der Waals surface area contributed by atoms with Gasteiger partial charge < -0.3 is 5.11 Å². The Kier molecular flexibility index (Phi) is 5.13. The van der Waals surface area contributed by atoms with E-state index in [0.717, 1.165) is 6.42 Å². The largest absolute Gasteiger partial charge is 0.465 e. The maximum atomic E-state index is 14.6. The summed E-state index contributed by atoms with van der Waals surface area (Å²) < 4.78 is 36.6. The molecule has 2 aliphatic rings. The number of aliphatic imine (C=N–C) groups is 1. The second-order valence-electron chi connectivity index (χ2n) is 6.98. The van der Waals surface area contributed by atoms with Crippen LogP contribution in [0.1, 0.15) is 38.2 Å². The molecule has 0 radical (unpaired) electrons. The molecule has 2 atom stereocenters. The van der Waals surface area contributed by atoms with Crippen LogP contribution in [-0.4, -0.2) is 41.1 Å². The smallest absolute Gasteiger partial charge is 0.410 e. The lowest BCUT2D eigenvalue weighted by Crippen LogP contribution is -2.64. The zero-order valence-corrected chi connectivity index (χ0v) is 17.1. The number of rotatable bonds is 3. The Morgan fingerprint density at radius 2 is 2.22 bits per heavy atom. The van der Waals surface area contributed by atoms with Gasteiger partial charge in [-0.05, 0) is 54.6 Å². The Morgan fingerprint density at radius 3 is 2.74 bits per heavy atom. The number of pyridine rings is 1. The van der Waals surface area contributed by atoms with Crippen molar-refractivity contribution in [2.24, 2.45) is 4.99 Å². The Labute approximate surface area is 166 Å². The zero-order chi connectivity index (χ0) is 20.0. The van der Waals surface area contributed by atoms with E-state index in [0.29, 0.717) is 17.3 Å².